The molecule has 3 aromatic rings. The number of aromatic amines is 1. The predicted molar refractivity (Wildman–Crippen MR) is 119 cm³/mol. The van der Waals surface area contributed by atoms with Gasteiger partial charge in [-0.25, -0.2) is 15.0 Å². The van der Waals surface area contributed by atoms with E-state index in [-0.39, 0.29) is 40.1 Å². The van der Waals surface area contributed by atoms with Crippen LogP contribution >= 0.6 is 0 Å². The van der Waals surface area contributed by atoms with Gasteiger partial charge in [0.05, 0.1) is 6.04 Å². The van der Waals surface area contributed by atoms with Crippen LogP contribution in [0.5, 0.6) is 0 Å². The van der Waals surface area contributed by atoms with Crippen LogP contribution in [0.25, 0.3) is 11.6 Å². The topological polar surface area (TPSA) is 101 Å². The Morgan fingerprint density at radius 2 is 1.77 bits per heavy atom. The lowest BCUT2D eigenvalue weighted by molar-refractivity contribution is 0.0913. The Morgan fingerprint density at radius 1 is 1.13 bits per heavy atom. The van der Waals surface area contributed by atoms with E-state index in [9.17, 15) is 9.59 Å². The van der Waals surface area contributed by atoms with Crippen molar-refractivity contribution >= 4 is 5.91 Å². The molecule has 4 rings (SSSR count). The Kier molecular flexibility index (Phi) is 5.21. The summed E-state index contributed by atoms with van der Waals surface area (Å²) in [7, 11) is 0. The summed E-state index contributed by atoms with van der Waals surface area (Å²) in [6.07, 6.45) is 5.18. The molecule has 0 aliphatic heterocycles. The van der Waals surface area contributed by atoms with Gasteiger partial charge in [0.15, 0.2) is 11.6 Å². The van der Waals surface area contributed by atoms with E-state index in [1.807, 2.05) is 0 Å². The van der Waals surface area contributed by atoms with Crippen LogP contribution in [0.4, 0.5) is 0 Å². The average molecular weight is 418 g/mol. The van der Waals surface area contributed by atoms with Crippen molar-refractivity contribution in [2.24, 2.45) is 5.41 Å². The quantitative estimate of drug-likeness (QED) is 0.658. The van der Waals surface area contributed by atoms with Gasteiger partial charge in [-0.15, -0.1) is 0 Å². The maximum atomic E-state index is 13.1. The van der Waals surface area contributed by atoms with Gasteiger partial charge in [-0.3, -0.25) is 9.59 Å². The molecule has 1 atom stereocenters. The fourth-order valence-electron chi connectivity index (χ4n) is 3.63. The predicted octanol–water partition coefficient (Wildman–Crippen LogP) is 3.80. The summed E-state index contributed by atoms with van der Waals surface area (Å²) >= 11 is 0. The van der Waals surface area contributed by atoms with Crippen LogP contribution in [0, 0.1) is 5.41 Å². The minimum atomic E-state index is -0.425. The first-order valence-corrected chi connectivity index (χ1v) is 10.5. The molecule has 7 heteroatoms. The van der Waals surface area contributed by atoms with E-state index >= 15 is 0 Å². The number of benzene rings is 1. The SMILES string of the molecule is CC(C)(C)c1ccc([C@H](NC(=O)c2cc(=O)[nH]c(-c3ncccn3)n2)C2(C)CC2)cc1. The molecule has 0 bridgehead atoms. The lowest BCUT2D eigenvalue weighted by Crippen LogP contribution is -2.34. The van der Waals surface area contributed by atoms with Crippen molar-refractivity contribution in [3.05, 3.63) is 76.0 Å². The first-order valence-electron chi connectivity index (χ1n) is 10.5. The highest BCUT2D eigenvalue weighted by Crippen LogP contribution is 2.54. The maximum Gasteiger partial charge on any atom is 0.270 e. The number of amides is 1. The van der Waals surface area contributed by atoms with Crippen molar-refractivity contribution in [2.75, 3.05) is 0 Å². The zero-order chi connectivity index (χ0) is 22.2. The highest BCUT2D eigenvalue weighted by Gasteiger charge is 2.46. The standard InChI is InChI=1S/C24H27N5O2/c1-23(2,3)16-8-6-15(7-9-16)19(24(4)10-11-24)29-22(31)17-14-18(30)28-21(27-17)20-25-12-5-13-26-20/h5-9,12-14,19H,10-11H2,1-4H3,(H,29,31)(H,27,28,30)/t19-/m0/s1. The monoisotopic (exact) mass is 417 g/mol. The molecule has 1 saturated carbocycles. The third-order valence-corrected chi connectivity index (χ3v) is 5.87. The Balaban J connectivity index is 1.62. The van der Waals surface area contributed by atoms with Gasteiger partial charge in [-0.05, 0) is 40.9 Å². The van der Waals surface area contributed by atoms with Gasteiger partial charge in [-0.2, -0.15) is 0 Å². The minimum Gasteiger partial charge on any atom is -0.343 e. The summed E-state index contributed by atoms with van der Waals surface area (Å²) in [4.78, 5) is 40.4. The second-order valence-corrected chi connectivity index (χ2v) is 9.48. The summed E-state index contributed by atoms with van der Waals surface area (Å²) in [5.41, 5.74) is 1.97. The molecule has 2 heterocycles. The molecular weight excluding hydrogens is 390 g/mol. The van der Waals surface area contributed by atoms with Crippen LogP contribution in [0.15, 0.2) is 53.6 Å². The molecule has 0 unspecified atom stereocenters. The summed E-state index contributed by atoms with van der Waals surface area (Å²) in [5.74, 6) is 0.0426. The summed E-state index contributed by atoms with van der Waals surface area (Å²) in [6.45, 7) is 8.70. The van der Waals surface area contributed by atoms with Crippen molar-refractivity contribution in [1.29, 1.82) is 0 Å². The first kappa shape index (κ1) is 20.9. The van der Waals surface area contributed by atoms with Crippen molar-refractivity contribution in [2.45, 2.75) is 52.0 Å². The van der Waals surface area contributed by atoms with E-state index in [0.717, 1.165) is 18.4 Å². The lowest BCUT2D eigenvalue weighted by Gasteiger charge is -2.26. The third-order valence-electron chi connectivity index (χ3n) is 5.87. The van der Waals surface area contributed by atoms with Crippen LogP contribution in [0.3, 0.4) is 0 Å². The normalized spacial score (nSPS) is 15.9. The van der Waals surface area contributed by atoms with Gasteiger partial charge in [0.25, 0.3) is 11.5 Å². The van der Waals surface area contributed by atoms with Crippen molar-refractivity contribution in [3.8, 4) is 11.6 Å². The molecule has 1 aliphatic rings. The number of nitrogens with one attached hydrogen (secondary N) is 2. The molecular formula is C24H27N5O2. The third kappa shape index (κ3) is 4.55. The van der Waals surface area contributed by atoms with Crippen LogP contribution in [0.1, 0.15) is 68.2 Å². The fraction of sp³-hybridized carbons (Fsp3) is 0.375. The second-order valence-electron chi connectivity index (χ2n) is 9.48. The zero-order valence-corrected chi connectivity index (χ0v) is 18.3. The maximum absolute atomic E-state index is 13.1. The van der Waals surface area contributed by atoms with E-state index < -0.39 is 5.56 Å². The molecule has 0 spiro atoms. The molecule has 1 fully saturated rings. The lowest BCUT2D eigenvalue weighted by atomic mass is 9.84. The zero-order valence-electron chi connectivity index (χ0n) is 18.3. The smallest absolute Gasteiger partial charge is 0.270 e. The van der Waals surface area contributed by atoms with Gasteiger partial charge in [-0.1, -0.05) is 52.0 Å². The molecule has 1 amide bonds. The van der Waals surface area contributed by atoms with Crippen LogP contribution < -0.4 is 10.9 Å². The van der Waals surface area contributed by atoms with Gasteiger partial charge in [0.1, 0.15) is 5.69 Å². The number of hydrogen-bond donors (Lipinski definition) is 2. The summed E-state index contributed by atoms with van der Waals surface area (Å²) in [6, 6.07) is 11.1. The van der Waals surface area contributed by atoms with Crippen molar-refractivity contribution in [1.82, 2.24) is 25.3 Å². The number of hydrogen-bond acceptors (Lipinski definition) is 5. The number of rotatable bonds is 5. The van der Waals surface area contributed by atoms with Gasteiger partial charge >= 0.3 is 0 Å². The van der Waals surface area contributed by atoms with Crippen molar-refractivity contribution in [3.63, 3.8) is 0 Å². The highest BCUT2D eigenvalue weighted by atomic mass is 16.2. The molecule has 1 aromatic carbocycles. The van der Waals surface area contributed by atoms with E-state index in [1.54, 1.807) is 18.5 Å². The molecule has 0 saturated heterocycles. The Morgan fingerprint density at radius 3 is 2.35 bits per heavy atom. The van der Waals surface area contributed by atoms with E-state index in [1.165, 1.54) is 11.6 Å². The minimum absolute atomic E-state index is 0.00845. The van der Waals surface area contributed by atoms with Crippen molar-refractivity contribution < 1.29 is 4.79 Å². The number of H-pyrrole nitrogens is 1. The van der Waals surface area contributed by atoms with E-state index in [4.69, 9.17) is 0 Å². The van der Waals surface area contributed by atoms with E-state index in [0.29, 0.717) is 0 Å². The molecule has 31 heavy (non-hydrogen) atoms. The molecule has 160 valence electrons. The highest BCUT2D eigenvalue weighted by molar-refractivity contribution is 5.92. The number of nitrogens with zero attached hydrogens (tertiary/aromatic N) is 3. The van der Waals surface area contributed by atoms with Crippen LogP contribution in [-0.4, -0.2) is 25.8 Å². The Bertz CT molecular complexity index is 1140. The molecule has 2 N–H and O–H groups in total. The van der Waals surface area contributed by atoms with Gasteiger partial charge in [0.2, 0.25) is 0 Å². The number of aromatic nitrogens is 4. The molecule has 1 aliphatic carbocycles. The summed E-state index contributed by atoms with van der Waals surface area (Å²) < 4.78 is 0. The fourth-order valence-corrected chi connectivity index (χ4v) is 3.63. The molecule has 2 aromatic heterocycles. The first-order chi connectivity index (χ1) is 14.7. The molecule has 0 radical (unpaired) electrons. The average Bonchev–Trinajstić information content (AvgIpc) is 3.49. The molecule has 7 nitrogen and oxygen atoms in total. The second kappa shape index (κ2) is 7.72. The Labute approximate surface area is 181 Å². The number of carbonyl (C=O) groups excluding carboxylic acids is 1. The van der Waals surface area contributed by atoms with Gasteiger partial charge < -0.3 is 10.3 Å². The van der Waals surface area contributed by atoms with Crippen LogP contribution in [0.2, 0.25) is 0 Å². The summed E-state index contributed by atoms with van der Waals surface area (Å²) in [5, 5.41) is 3.12. The van der Waals surface area contributed by atoms with Crippen LogP contribution in [-0.2, 0) is 5.41 Å². The number of carbonyl (C=O) groups is 1. The Hall–Kier alpha value is -3.35. The van der Waals surface area contributed by atoms with Gasteiger partial charge in [0, 0.05) is 18.5 Å². The largest absolute Gasteiger partial charge is 0.343 e. The van der Waals surface area contributed by atoms with E-state index in [2.05, 4.69) is 77.2 Å².